The van der Waals surface area contributed by atoms with Gasteiger partial charge in [0.25, 0.3) is 0 Å². The average molecular weight is 381 g/mol. The molecule has 0 spiro atoms. The molecule has 0 aliphatic carbocycles. The van der Waals surface area contributed by atoms with Crippen LogP contribution in [0.3, 0.4) is 0 Å². The van der Waals surface area contributed by atoms with E-state index in [1.807, 2.05) is 11.5 Å². The summed E-state index contributed by atoms with van der Waals surface area (Å²) < 4.78 is 20.3. The number of nitrogens with one attached hydrogen (secondary N) is 1. The zero-order chi connectivity index (χ0) is 17.8. The summed E-state index contributed by atoms with van der Waals surface area (Å²) in [6, 6.07) is 7.60. The molecule has 0 aliphatic heterocycles. The van der Waals surface area contributed by atoms with Gasteiger partial charge in [0.1, 0.15) is 5.82 Å². The zero-order valence-electron chi connectivity index (χ0n) is 13.2. The van der Waals surface area contributed by atoms with Crippen molar-refractivity contribution in [3.05, 3.63) is 47.4 Å². The number of anilines is 1. The van der Waals surface area contributed by atoms with Crippen LogP contribution < -0.4 is 5.32 Å². The Morgan fingerprint density at radius 3 is 2.92 bits per heavy atom. The van der Waals surface area contributed by atoms with Crippen molar-refractivity contribution < 1.29 is 13.6 Å². The quantitative estimate of drug-likeness (QED) is 0.652. The number of furan rings is 1. The predicted octanol–water partition coefficient (Wildman–Crippen LogP) is 4.08. The van der Waals surface area contributed by atoms with Crippen LogP contribution in [-0.2, 0) is 11.3 Å². The molecule has 0 radical (unpaired) electrons. The Balaban J connectivity index is 1.65. The molecule has 0 fully saturated rings. The number of thioether (sulfide) groups is 1. The highest BCUT2D eigenvalue weighted by Gasteiger charge is 2.16. The van der Waals surface area contributed by atoms with Gasteiger partial charge in [0.05, 0.1) is 17.0 Å². The molecule has 0 bridgehead atoms. The number of hydrogen-bond donors (Lipinski definition) is 1. The van der Waals surface area contributed by atoms with E-state index in [2.05, 4.69) is 15.5 Å². The maximum absolute atomic E-state index is 13.1. The van der Waals surface area contributed by atoms with E-state index in [1.165, 1.54) is 30.0 Å². The number of amides is 1. The van der Waals surface area contributed by atoms with Crippen LogP contribution in [0.2, 0.25) is 5.02 Å². The first kappa shape index (κ1) is 17.5. The maximum Gasteiger partial charge on any atom is 0.234 e. The van der Waals surface area contributed by atoms with Crippen molar-refractivity contribution in [2.45, 2.75) is 18.6 Å². The van der Waals surface area contributed by atoms with Gasteiger partial charge in [0.2, 0.25) is 5.91 Å². The Bertz CT molecular complexity index is 882. The Morgan fingerprint density at radius 1 is 1.40 bits per heavy atom. The normalized spacial score (nSPS) is 10.8. The molecule has 3 rings (SSSR count). The fourth-order valence-corrected chi connectivity index (χ4v) is 3.15. The molecular formula is C16H14ClFN4O2S. The van der Waals surface area contributed by atoms with E-state index in [4.69, 9.17) is 16.0 Å². The van der Waals surface area contributed by atoms with Gasteiger partial charge in [-0.2, -0.15) is 0 Å². The molecule has 0 saturated heterocycles. The van der Waals surface area contributed by atoms with Crippen molar-refractivity contribution in [2.24, 2.45) is 0 Å². The minimum Gasteiger partial charge on any atom is -0.461 e. The smallest absolute Gasteiger partial charge is 0.234 e. The Kier molecular flexibility index (Phi) is 5.40. The fraction of sp³-hybridized carbons (Fsp3) is 0.188. The zero-order valence-corrected chi connectivity index (χ0v) is 14.8. The monoisotopic (exact) mass is 380 g/mol. The largest absolute Gasteiger partial charge is 0.461 e. The molecule has 9 heteroatoms. The van der Waals surface area contributed by atoms with Gasteiger partial charge in [0.15, 0.2) is 16.7 Å². The van der Waals surface area contributed by atoms with Crippen molar-refractivity contribution in [2.75, 3.05) is 11.1 Å². The van der Waals surface area contributed by atoms with Gasteiger partial charge in [-0.1, -0.05) is 23.4 Å². The summed E-state index contributed by atoms with van der Waals surface area (Å²) in [5.41, 5.74) is 0.435. The lowest BCUT2D eigenvalue weighted by Crippen LogP contribution is -2.14. The SMILES string of the molecule is CCn1c(SCC(=O)Nc2ccc(F)c(Cl)c2)nnc1-c1ccco1. The predicted molar refractivity (Wildman–Crippen MR) is 94.2 cm³/mol. The first-order valence-corrected chi connectivity index (χ1v) is 8.79. The molecule has 6 nitrogen and oxygen atoms in total. The second kappa shape index (κ2) is 7.71. The lowest BCUT2D eigenvalue weighted by molar-refractivity contribution is -0.113. The van der Waals surface area contributed by atoms with Gasteiger partial charge >= 0.3 is 0 Å². The van der Waals surface area contributed by atoms with Crippen LogP contribution in [0.1, 0.15) is 6.92 Å². The molecule has 0 aliphatic rings. The third kappa shape index (κ3) is 4.02. The van der Waals surface area contributed by atoms with Crippen molar-refractivity contribution in [1.82, 2.24) is 14.8 Å². The van der Waals surface area contributed by atoms with Crippen molar-refractivity contribution >= 4 is 35.0 Å². The van der Waals surface area contributed by atoms with Crippen molar-refractivity contribution in [3.8, 4) is 11.6 Å². The molecule has 130 valence electrons. The maximum atomic E-state index is 13.1. The van der Waals surface area contributed by atoms with Crippen LogP contribution in [0.25, 0.3) is 11.6 Å². The Labute approximate surface area is 152 Å². The third-order valence-electron chi connectivity index (χ3n) is 3.31. The first-order chi connectivity index (χ1) is 12.1. The lowest BCUT2D eigenvalue weighted by Gasteiger charge is -2.07. The summed E-state index contributed by atoms with van der Waals surface area (Å²) in [7, 11) is 0. The molecule has 2 aromatic heterocycles. The molecule has 0 unspecified atom stereocenters. The molecule has 25 heavy (non-hydrogen) atoms. The highest BCUT2D eigenvalue weighted by molar-refractivity contribution is 7.99. The number of benzene rings is 1. The molecule has 3 aromatic rings. The highest BCUT2D eigenvalue weighted by Crippen LogP contribution is 2.25. The number of nitrogens with zero attached hydrogens (tertiary/aromatic N) is 3. The van der Waals surface area contributed by atoms with E-state index in [1.54, 1.807) is 18.4 Å². The Hall–Kier alpha value is -2.32. The van der Waals surface area contributed by atoms with Crippen LogP contribution in [0.15, 0.2) is 46.2 Å². The summed E-state index contributed by atoms with van der Waals surface area (Å²) in [6.07, 6.45) is 1.57. The minimum atomic E-state index is -0.532. The van der Waals surface area contributed by atoms with E-state index < -0.39 is 5.82 Å². The average Bonchev–Trinajstić information content (AvgIpc) is 3.24. The van der Waals surface area contributed by atoms with Crippen molar-refractivity contribution in [3.63, 3.8) is 0 Å². The van der Waals surface area contributed by atoms with Crippen LogP contribution in [0.5, 0.6) is 0 Å². The summed E-state index contributed by atoms with van der Waals surface area (Å²) in [4.78, 5) is 12.1. The van der Waals surface area contributed by atoms with Gasteiger partial charge in [-0.15, -0.1) is 10.2 Å². The molecular weight excluding hydrogens is 367 g/mol. The van der Waals surface area contributed by atoms with E-state index in [-0.39, 0.29) is 16.7 Å². The van der Waals surface area contributed by atoms with Gasteiger partial charge in [0, 0.05) is 12.2 Å². The lowest BCUT2D eigenvalue weighted by atomic mass is 10.3. The molecule has 0 atom stereocenters. The van der Waals surface area contributed by atoms with E-state index in [0.29, 0.717) is 29.0 Å². The Morgan fingerprint density at radius 2 is 2.24 bits per heavy atom. The number of rotatable bonds is 6. The van der Waals surface area contributed by atoms with Crippen LogP contribution in [0, 0.1) is 5.82 Å². The summed E-state index contributed by atoms with van der Waals surface area (Å²) in [5.74, 6) is 0.575. The summed E-state index contributed by atoms with van der Waals surface area (Å²) >= 11 is 6.95. The molecule has 1 N–H and O–H groups in total. The van der Waals surface area contributed by atoms with Gasteiger partial charge in [-0.05, 0) is 37.3 Å². The minimum absolute atomic E-state index is 0.0423. The standard InChI is InChI=1S/C16H14ClFN4O2S/c1-2-22-15(13-4-3-7-24-13)20-21-16(22)25-9-14(23)19-10-5-6-12(18)11(17)8-10/h3-8H,2,9H2,1H3,(H,19,23). The topological polar surface area (TPSA) is 73.0 Å². The van der Waals surface area contributed by atoms with Gasteiger partial charge in [-0.25, -0.2) is 4.39 Å². The van der Waals surface area contributed by atoms with E-state index >= 15 is 0 Å². The molecule has 1 amide bonds. The number of aromatic nitrogens is 3. The van der Waals surface area contributed by atoms with E-state index in [0.717, 1.165) is 0 Å². The molecule has 0 saturated carbocycles. The first-order valence-electron chi connectivity index (χ1n) is 7.43. The fourth-order valence-electron chi connectivity index (χ4n) is 2.17. The van der Waals surface area contributed by atoms with Gasteiger partial charge < -0.3 is 9.73 Å². The van der Waals surface area contributed by atoms with Crippen LogP contribution >= 0.6 is 23.4 Å². The summed E-state index contributed by atoms with van der Waals surface area (Å²) in [6.45, 7) is 2.60. The summed E-state index contributed by atoms with van der Waals surface area (Å²) in [5, 5.41) is 11.5. The number of halogens is 2. The van der Waals surface area contributed by atoms with Crippen LogP contribution in [-0.4, -0.2) is 26.4 Å². The number of hydrogen-bond acceptors (Lipinski definition) is 5. The second-order valence-corrected chi connectivity index (χ2v) is 6.34. The number of carbonyl (C=O) groups excluding carboxylic acids is 1. The van der Waals surface area contributed by atoms with Crippen molar-refractivity contribution in [1.29, 1.82) is 0 Å². The molecule has 1 aromatic carbocycles. The van der Waals surface area contributed by atoms with E-state index in [9.17, 15) is 9.18 Å². The second-order valence-electron chi connectivity index (χ2n) is 4.99. The number of carbonyl (C=O) groups is 1. The van der Waals surface area contributed by atoms with Gasteiger partial charge in [-0.3, -0.25) is 9.36 Å². The highest BCUT2D eigenvalue weighted by atomic mass is 35.5. The van der Waals surface area contributed by atoms with Crippen LogP contribution in [0.4, 0.5) is 10.1 Å². The third-order valence-corrected chi connectivity index (χ3v) is 4.57. The molecule has 2 heterocycles.